The van der Waals surface area contributed by atoms with E-state index in [0.29, 0.717) is 0 Å². The summed E-state index contributed by atoms with van der Waals surface area (Å²) in [6, 6.07) is 17.7. The van der Waals surface area contributed by atoms with Crippen LogP contribution < -0.4 is 4.90 Å². The number of fused-ring (bicyclic) bond motifs is 2. The molecule has 40 heavy (non-hydrogen) atoms. The highest BCUT2D eigenvalue weighted by molar-refractivity contribution is 8.21. The number of para-hydroxylation sites is 2. The summed E-state index contributed by atoms with van der Waals surface area (Å²) in [5.74, 6) is 0. The Morgan fingerprint density at radius 1 is 0.825 bits per heavy atom. The van der Waals surface area contributed by atoms with Crippen molar-refractivity contribution >= 4 is 32.9 Å². The van der Waals surface area contributed by atoms with E-state index in [1.165, 1.54) is 56.4 Å². The number of rotatable bonds is 4. The third-order valence-corrected chi connectivity index (χ3v) is 11.0. The van der Waals surface area contributed by atoms with E-state index in [9.17, 15) is 0 Å². The minimum Gasteiger partial charge on any atom is -0.347 e. The Hall–Kier alpha value is -3.43. The molecular formula is C37H41N2S+. The molecule has 0 saturated carbocycles. The van der Waals surface area contributed by atoms with Crippen LogP contribution in [0.3, 0.4) is 0 Å². The number of likely N-dealkylation sites (N-methyl/N-ethyl adjacent to an activating group) is 1. The fourth-order valence-electron chi connectivity index (χ4n) is 6.99. The van der Waals surface area contributed by atoms with E-state index < -0.39 is 0 Å². The van der Waals surface area contributed by atoms with Crippen molar-refractivity contribution in [1.29, 1.82) is 0 Å². The monoisotopic (exact) mass is 545 g/mol. The van der Waals surface area contributed by atoms with Crippen LogP contribution in [0.1, 0.15) is 58.1 Å². The highest BCUT2D eigenvalue weighted by Gasteiger charge is 2.42. The minimum absolute atomic E-state index is 0.0180. The highest BCUT2D eigenvalue weighted by atomic mass is 32.2. The largest absolute Gasteiger partial charge is 0.347 e. The lowest BCUT2D eigenvalue weighted by molar-refractivity contribution is -0.401. The number of hydrogen-bond donors (Lipinski definition) is 0. The van der Waals surface area contributed by atoms with Gasteiger partial charge in [-0.25, -0.2) is 0 Å². The first-order chi connectivity index (χ1) is 19.2. The summed E-state index contributed by atoms with van der Waals surface area (Å²) in [7, 11) is 4.39. The van der Waals surface area contributed by atoms with Gasteiger partial charge in [-0.05, 0) is 72.7 Å². The van der Waals surface area contributed by atoms with Crippen LogP contribution in [0.2, 0.25) is 0 Å². The second-order valence-electron chi connectivity index (χ2n) is 12.3. The van der Waals surface area contributed by atoms with E-state index in [0.717, 1.165) is 12.8 Å². The van der Waals surface area contributed by atoms with Gasteiger partial charge in [0.15, 0.2) is 5.71 Å². The van der Waals surface area contributed by atoms with Gasteiger partial charge in [-0.2, -0.15) is 4.58 Å². The fourth-order valence-corrected chi connectivity index (χ4v) is 8.82. The smallest absolute Gasteiger partial charge is 0.209 e. The quantitative estimate of drug-likeness (QED) is 0.274. The maximum Gasteiger partial charge on any atom is 0.209 e. The zero-order valence-electron chi connectivity index (χ0n) is 24.7. The molecule has 2 aromatic carbocycles. The Labute approximate surface area is 243 Å². The van der Waals surface area contributed by atoms with Crippen LogP contribution >= 0.6 is 10.5 Å². The molecule has 0 bridgehead atoms. The summed E-state index contributed by atoms with van der Waals surface area (Å²) in [5, 5.41) is 4.76. The van der Waals surface area contributed by atoms with Crippen molar-refractivity contribution < 1.29 is 4.58 Å². The van der Waals surface area contributed by atoms with Gasteiger partial charge < -0.3 is 4.90 Å². The van der Waals surface area contributed by atoms with E-state index in [4.69, 9.17) is 0 Å². The minimum atomic E-state index is -0.0311. The lowest BCUT2D eigenvalue weighted by Crippen LogP contribution is -2.26. The second kappa shape index (κ2) is 10.2. The lowest BCUT2D eigenvalue weighted by Gasteiger charge is -2.26. The molecule has 0 aromatic heterocycles. The average Bonchev–Trinajstić information content (AvgIpc) is 3.28. The first-order valence-electron chi connectivity index (χ1n) is 14.5. The molecule has 0 spiro atoms. The normalized spacial score (nSPS) is 24.9. The highest BCUT2D eigenvalue weighted by Crippen LogP contribution is 2.48. The van der Waals surface area contributed by atoms with E-state index in [1.54, 1.807) is 0 Å². The summed E-state index contributed by atoms with van der Waals surface area (Å²) in [4.78, 5) is 3.89. The fraction of sp³-hybridized carbons (Fsp3) is 0.297. The standard InChI is InChI=1S/C37H41N2S/c1-36(2)29-17-8-10-19-31(29)38(5)33(36)23-21-27-15-14-16-28(35(27)40-25-12-7-13-26-40)22-24-34-37(3,4)30-18-9-11-20-32(30)39(34)6/h7-13,17-26H,14-16H2,1-6H3/q+1. The zero-order valence-corrected chi connectivity index (χ0v) is 25.6. The third-order valence-electron chi connectivity index (χ3n) is 9.15. The molecule has 3 heterocycles. The summed E-state index contributed by atoms with van der Waals surface area (Å²) >= 11 is 0. The van der Waals surface area contributed by atoms with Gasteiger partial charge in [0, 0.05) is 46.5 Å². The van der Waals surface area contributed by atoms with E-state index >= 15 is 0 Å². The van der Waals surface area contributed by atoms with Gasteiger partial charge in [0.05, 0.1) is 5.41 Å². The van der Waals surface area contributed by atoms with E-state index in [2.05, 4.69) is 153 Å². The maximum atomic E-state index is 2.43. The number of hydrogen-bond acceptors (Lipinski definition) is 1. The molecule has 6 rings (SSSR count). The van der Waals surface area contributed by atoms with Crippen molar-refractivity contribution in [1.82, 2.24) is 0 Å². The van der Waals surface area contributed by atoms with Crippen LogP contribution in [0.5, 0.6) is 0 Å². The zero-order chi connectivity index (χ0) is 28.1. The van der Waals surface area contributed by atoms with Crippen molar-refractivity contribution in [3.63, 3.8) is 0 Å². The predicted octanol–water partition coefficient (Wildman–Crippen LogP) is 9.08. The molecule has 204 valence electrons. The van der Waals surface area contributed by atoms with Gasteiger partial charge in [0.25, 0.3) is 0 Å². The van der Waals surface area contributed by atoms with Crippen LogP contribution in [0, 0.1) is 0 Å². The predicted molar refractivity (Wildman–Crippen MR) is 176 cm³/mol. The topological polar surface area (TPSA) is 6.25 Å². The third kappa shape index (κ3) is 4.36. The Bertz CT molecular complexity index is 1630. The number of allylic oxidation sites excluding steroid dienone is 10. The van der Waals surface area contributed by atoms with Crippen LogP contribution in [-0.2, 0) is 10.8 Å². The Kier molecular flexibility index (Phi) is 6.82. The summed E-state index contributed by atoms with van der Waals surface area (Å²) < 4.78 is 2.38. The number of anilines is 1. The molecule has 2 nitrogen and oxygen atoms in total. The molecule has 0 radical (unpaired) electrons. The molecule has 2 aromatic rings. The first kappa shape index (κ1) is 26.8. The Morgan fingerprint density at radius 3 is 2.30 bits per heavy atom. The van der Waals surface area contributed by atoms with E-state index in [-0.39, 0.29) is 21.3 Å². The lowest BCUT2D eigenvalue weighted by atomic mass is 9.81. The summed E-state index contributed by atoms with van der Waals surface area (Å²) in [6.07, 6.45) is 19.7. The Balaban J connectivity index is 1.43. The molecule has 4 aliphatic rings. The van der Waals surface area contributed by atoms with Crippen LogP contribution in [0.4, 0.5) is 11.4 Å². The summed E-state index contributed by atoms with van der Waals surface area (Å²) in [6.45, 7) is 9.41. The molecular weight excluding hydrogens is 504 g/mol. The van der Waals surface area contributed by atoms with Crippen molar-refractivity contribution in [3.05, 3.63) is 129 Å². The SMILES string of the molecule is CN1C(=CC=C2CCCC(C=CC3=[N+](C)c4ccccc4C3(C)C)=C2S2=CC=CC=C2)C(C)(C)c2ccccc21. The van der Waals surface area contributed by atoms with E-state index in [1.807, 2.05) is 0 Å². The van der Waals surface area contributed by atoms with Gasteiger partial charge in [0.1, 0.15) is 7.05 Å². The van der Waals surface area contributed by atoms with Crippen LogP contribution in [-0.4, -0.2) is 29.8 Å². The van der Waals surface area contributed by atoms with Crippen LogP contribution in [0.15, 0.2) is 118 Å². The molecule has 1 unspecified atom stereocenters. The molecule has 0 N–H and O–H groups in total. The van der Waals surface area contributed by atoms with Crippen molar-refractivity contribution in [2.45, 2.75) is 57.8 Å². The molecule has 1 aliphatic carbocycles. The number of nitrogens with zero attached hydrogens (tertiary/aromatic N) is 2. The molecule has 0 fully saturated rings. The van der Waals surface area contributed by atoms with Crippen molar-refractivity contribution in [3.8, 4) is 0 Å². The molecule has 1 atom stereocenters. The van der Waals surface area contributed by atoms with Gasteiger partial charge in [-0.3, -0.25) is 0 Å². The first-order valence-corrected chi connectivity index (χ1v) is 15.8. The summed E-state index contributed by atoms with van der Waals surface area (Å²) in [5.41, 5.74) is 11.1. The van der Waals surface area contributed by atoms with Crippen molar-refractivity contribution in [2.24, 2.45) is 0 Å². The molecule has 3 aliphatic heterocycles. The Morgan fingerprint density at radius 2 is 1.57 bits per heavy atom. The maximum absolute atomic E-state index is 2.43. The van der Waals surface area contributed by atoms with Gasteiger partial charge >= 0.3 is 0 Å². The van der Waals surface area contributed by atoms with Crippen LogP contribution in [0.25, 0.3) is 0 Å². The second-order valence-corrected chi connectivity index (χ2v) is 14.0. The number of benzene rings is 2. The van der Waals surface area contributed by atoms with Gasteiger partial charge in [0.2, 0.25) is 5.69 Å². The average molecular weight is 546 g/mol. The van der Waals surface area contributed by atoms with Crippen molar-refractivity contribution in [2.75, 3.05) is 19.0 Å². The van der Waals surface area contributed by atoms with Gasteiger partial charge in [-0.15, -0.1) is 10.5 Å². The molecule has 0 amide bonds. The van der Waals surface area contributed by atoms with Gasteiger partial charge in [-0.1, -0.05) is 80.6 Å². The molecule has 3 heteroatoms. The molecule has 0 saturated heterocycles.